The van der Waals surface area contributed by atoms with E-state index in [4.69, 9.17) is 5.73 Å². The van der Waals surface area contributed by atoms with E-state index in [1.165, 1.54) is 4.31 Å². The minimum Gasteiger partial charge on any atom is -0.368 e. The molecule has 1 atom stereocenters. The number of hydrogen-bond donors (Lipinski definition) is 1. The van der Waals surface area contributed by atoms with Gasteiger partial charge in [0.15, 0.2) is 0 Å². The van der Waals surface area contributed by atoms with Crippen LogP contribution >= 0.6 is 0 Å². The number of benzene rings is 1. The number of carbonyl (C=O) groups excluding carboxylic acids is 1. The predicted octanol–water partition coefficient (Wildman–Crippen LogP) is 1.57. The van der Waals surface area contributed by atoms with Crippen LogP contribution in [0.2, 0.25) is 0 Å². The summed E-state index contributed by atoms with van der Waals surface area (Å²) in [5, 5.41) is 0.571. The monoisotopic (exact) mass is 333 g/mol. The highest BCUT2D eigenvalue weighted by Gasteiger charge is 2.37. The van der Waals surface area contributed by atoms with Crippen LogP contribution in [-0.4, -0.2) is 36.2 Å². The molecule has 2 aromatic rings. The summed E-state index contributed by atoms with van der Waals surface area (Å²) >= 11 is 0. The van der Waals surface area contributed by atoms with Crippen molar-refractivity contribution in [3.63, 3.8) is 0 Å². The van der Waals surface area contributed by atoms with Gasteiger partial charge in [0.2, 0.25) is 15.9 Å². The van der Waals surface area contributed by atoms with Crippen LogP contribution in [0.5, 0.6) is 0 Å². The number of nitrogens with zero attached hydrogens (tertiary/aromatic N) is 2. The quantitative estimate of drug-likeness (QED) is 0.922. The van der Waals surface area contributed by atoms with E-state index >= 15 is 0 Å². The molecule has 1 amide bonds. The highest BCUT2D eigenvalue weighted by molar-refractivity contribution is 7.89. The highest BCUT2D eigenvalue weighted by atomic mass is 32.2. The fraction of sp³-hybridized carbons (Fsp3) is 0.375. The van der Waals surface area contributed by atoms with Crippen LogP contribution < -0.4 is 5.73 Å². The van der Waals surface area contributed by atoms with Crippen LogP contribution in [-0.2, 0) is 14.8 Å². The molecule has 1 saturated heterocycles. The molecule has 122 valence electrons. The number of aromatic nitrogens is 1. The van der Waals surface area contributed by atoms with E-state index in [0.29, 0.717) is 23.9 Å². The summed E-state index contributed by atoms with van der Waals surface area (Å²) < 4.78 is 27.5. The van der Waals surface area contributed by atoms with E-state index in [1.807, 2.05) is 6.92 Å². The lowest BCUT2D eigenvalue weighted by Gasteiger charge is -2.32. The number of pyridine rings is 1. The van der Waals surface area contributed by atoms with E-state index in [9.17, 15) is 13.2 Å². The Hall–Kier alpha value is -1.99. The number of amides is 1. The molecule has 6 nitrogen and oxygen atoms in total. The van der Waals surface area contributed by atoms with E-state index < -0.39 is 22.0 Å². The van der Waals surface area contributed by atoms with Gasteiger partial charge in [-0.3, -0.25) is 9.78 Å². The minimum absolute atomic E-state index is 0.180. The zero-order valence-electron chi connectivity index (χ0n) is 12.9. The number of fused-ring (bicyclic) bond motifs is 1. The summed E-state index contributed by atoms with van der Waals surface area (Å²) in [5.74, 6) is -0.595. The first kappa shape index (κ1) is 15.9. The van der Waals surface area contributed by atoms with Gasteiger partial charge >= 0.3 is 0 Å². The van der Waals surface area contributed by atoms with Gasteiger partial charge in [-0.2, -0.15) is 4.31 Å². The van der Waals surface area contributed by atoms with Crippen molar-refractivity contribution >= 4 is 26.8 Å². The molecular formula is C16H19N3O3S. The molecule has 1 aromatic carbocycles. The highest BCUT2D eigenvalue weighted by Crippen LogP contribution is 2.30. The molecule has 0 spiro atoms. The Labute approximate surface area is 135 Å². The number of carbonyl (C=O) groups is 1. The Morgan fingerprint density at radius 1 is 1.30 bits per heavy atom. The predicted molar refractivity (Wildman–Crippen MR) is 87.2 cm³/mol. The van der Waals surface area contributed by atoms with Gasteiger partial charge in [0.1, 0.15) is 6.04 Å². The van der Waals surface area contributed by atoms with Crippen molar-refractivity contribution in [2.45, 2.75) is 37.1 Å². The maximum Gasteiger partial charge on any atom is 0.244 e. The van der Waals surface area contributed by atoms with Crippen molar-refractivity contribution in [2.75, 3.05) is 6.54 Å². The maximum absolute atomic E-state index is 13.1. The molecule has 1 aliphatic rings. The lowest BCUT2D eigenvalue weighted by atomic mass is 10.0. The topological polar surface area (TPSA) is 93.4 Å². The van der Waals surface area contributed by atoms with Crippen molar-refractivity contribution in [3.05, 3.63) is 36.0 Å². The van der Waals surface area contributed by atoms with Crippen molar-refractivity contribution in [3.8, 4) is 0 Å². The van der Waals surface area contributed by atoms with E-state index in [1.54, 1.807) is 30.5 Å². The van der Waals surface area contributed by atoms with Crippen LogP contribution in [0.1, 0.15) is 24.8 Å². The molecular weight excluding hydrogens is 314 g/mol. The molecule has 7 heteroatoms. The lowest BCUT2D eigenvalue weighted by molar-refractivity contribution is -0.122. The molecule has 23 heavy (non-hydrogen) atoms. The fourth-order valence-corrected chi connectivity index (χ4v) is 4.97. The first-order valence-corrected chi connectivity index (χ1v) is 9.02. The van der Waals surface area contributed by atoms with Crippen LogP contribution in [0.4, 0.5) is 0 Å². The van der Waals surface area contributed by atoms with Crippen molar-refractivity contribution in [2.24, 2.45) is 5.73 Å². The summed E-state index contributed by atoms with van der Waals surface area (Å²) in [7, 11) is -3.81. The second-order valence-electron chi connectivity index (χ2n) is 5.81. The molecule has 0 bridgehead atoms. The Kier molecular flexibility index (Phi) is 4.08. The summed E-state index contributed by atoms with van der Waals surface area (Å²) in [6.45, 7) is 2.20. The minimum atomic E-state index is -3.81. The molecule has 0 aliphatic carbocycles. The molecule has 3 rings (SSSR count). The molecule has 1 fully saturated rings. The second-order valence-corrected chi connectivity index (χ2v) is 7.67. The van der Waals surface area contributed by atoms with Gasteiger partial charge < -0.3 is 5.73 Å². The maximum atomic E-state index is 13.1. The molecule has 1 aliphatic heterocycles. The molecule has 2 heterocycles. The summed E-state index contributed by atoms with van der Waals surface area (Å²) in [4.78, 5) is 16.1. The Balaban J connectivity index is 2.17. The first-order chi connectivity index (χ1) is 10.9. The van der Waals surface area contributed by atoms with E-state index in [0.717, 1.165) is 18.4 Å². The summed E-state index contributed by atoms with van der Waals surface area (Å²) in [6, 6.07) is 6.00. The lowest BCUT2D eigenvalue weighted by Crippen LogP contribution is -2.50. The SMILES string of the molecule is Cc1ccc(S(=O)(=O)N2CCCC[C@H]2C(N)=O)c2cccnc12. The summed E-state index contributed by atoms with van der Waals surface area (Å²) in [5.41, 5.74) is 6.97. The molecule has 1 aromatic heterocycles. The van der Waals surface area contributed by atoms with Crippen molar-refractivity contribution in [1.82, 2.24) is 9.29 Å². The standard InChI is InChI=1S/C16H19N3O3S/c1-11-7-8-14(12-5-4-9-18-15(11)12)23(21,22)19-10-3-2-6-13(19)16(17)20/h4-5,7-9,13H,2-3,6,10H2,1H3,(H2,17,20)/t13-/m0/s1. The fourth-order valence-electron chi connectivity index (χ4n) is 3.12. The number of rotatable bonds is 3. The van der Waals surface area contributed by atoms with Gasteiger partial charge in [0.05, 0.1) is 10.4 Å². The zero-order chi connectivity index (χ0) is 16.6. The Morgan fingerprint density at radius 2 is 2.09 bits per heavy atom. The van der Waals surface area contributed by atoms with Crippen LogP contribution in [0.15, 0.2) is 35.4 Å². The largest absolute Gasteiger partial charge is 0.368 e. The third kappa shape index (κ3) is 2.70. The zero-order valence-corrected chi connectivity index (χ0v) is 13.7. The third-order valence-electron chi connectivity index (χ3n) is 4.30. The van der Waals surface area contributed by atoms with Crippen LogP contribution in [0, 0.1) is 6.92 Å². The smallest absolute Gasteiger partial charge is 0.244 e. The van der Waals surface area contributed by atoms with Gasteiger partial charge in [-0.15, -0.1) is 0 Å². The van der Waals surface area contributed by atoms with Gasteiger partial charge in [0, 0.05) is 18.1 Å². The van der Waals surface area contributed by atoms with E-state index in [2.05, 4.69) is 4.98 Å². The number of aryl methyl sites for hydroxylation is 1. The number of primary amides is 1. The van der Waals surface area contributed by atoms with Crippen molar-refractivity contribution < 1.29 is 13.2 Å². The van der Waals surface area contributed by atoms with Gasteiger partial charge in [0.25, 0.3) is 0 Å². The van der Waals surface area contributed by atoms with Gasteiger partial charge in [-0.1, -0.05) is 12.5 Å². The number of piperidine rings is 1. The van der Waals surface area contributed by atoms with Crippen molar-refractivity contribution in [1.29, 1.82) is 0 Å². The molecule has 0 unspecified atom stereocenters. The Bertz CT molecular complexity index is 864. The van der Waals surface area contributed by atoms with Crippen LogP contribution in [0.25, 0.3) is 10.9 Å². The number of sulfonamides is 1. The van der Waals surface area contributed by atoms with Crippen LogP contribution in [0.3, 0.4) is 0 Å². The third-order valence-corrected chi connectivity index (χ3v) is 6.27. The average molecular weight is 333 g/mol. The molecule has 0 saturated carbocycles. The average Bonchev–Trinajstić information content (AvgIpc) is 2.55. The first-order valence-electron chi connectivity index (χ1n) is 7.58. The van der Waals surface area contributed by atoms with E-state index in [-0.39, 0.29) is 4.90 Å². The second kappa shape index (κ2) is 5.90. The number of nitrogens with two attached hydrogens (primary N) is 1. The van der Waals surface area contributed by atoms with Gasteiger partial charge in [-0.05, 0) is 43.5 Å². The van der Waals surface area contributed by atoms with Gasteiger partial charge in [-0.25, -0.2) is 8.42 Å². The molecule has 0 radical (unpaired) electrons. The normalized spacial score (nSPS) is 19.8. The Morgan fingerprint density at radius 3 is 2.83 bits per heavy atom. The number of hydrogen-bond acceptors (Lipinski definition) is 4. The molecule has 2 N–H and O–H groups in total. The summed E-state index contributed by atoms with van der Waals surface area (Å²) in [6.07, 6.45) is 3.64.